The van der Waals surface area contributed by atoms with Gasteiger partial charge in [0.1, 0.15) is 0 Å². The lowest BCUT2D eigenvalue weighted by atomic mass is 10.1. The summed E-state index contributed by atoms with van der Waals surface area (Å²) in [5.41, 5.74) is 9.19. The lowest BCUT2D eigenvalue weighted by Gasteiger charge is -2.20. The maximum absolute atomic E-state index is 11.8. The van der Waals surface area contributed by atoms with Crippen LogP contribution in [0.15, 0.2) is 12.1 Å². The van der Waals surface area contributed by atoms with Gasteiger partial charge in [-0.1, -0.05) is 0 Å². The maximum atomic E-state index is 11.8. The number of hydrogen-bond acceptors (Lipinski definition) is 3. The Bertz CT molecular complexity index is 523. The molecule has 1 aliphatic heterocycles. The Morgan fingerprint density at radius 3 is 2.44 bits per heavy atom. The van der Waals surface area contributed by atoms with Gasteiger partial charge in [-0.05, 0) is 43.5 Å². The third-order valence-corrected chi connectivity index (χ3v) is 4.87. The van der Waals surface area contributed by atoms with Crippen molar-refractivity contribution in [2.75, 3.05) is 22.3 Å². The summed E-state index contributed by atoms with van der Waals surface area (Å²) >= 11 is 0. The highest BCUT2D eigenvalue weighted by Gasteiger charge is 2.29. The lowest BCUT2D eigenvalue weighted by molar-refractivity contribution is 0.599. The maximum Gasteiger partial charge on any atom is 0.235 e. The van der Waals surface area contributed by atoms with Crippen LogP contribution in [-0.2, 0) is 10.0 Å². The van der Waals surface area contributed by atoms with E-state index in [0.717, 1.165) is 11.1 Å². The van der Waals surface area contributed by atoms with Crippen molar-refractivity contribution in [3.8, 4) is 0 Å². The molecule has 1 aliphatic rings. The molecule has 0 radical (unpaired) electrons. The minimum atomic E-state index is -3.14. The number of nitrogen functional groups attached to an aromatic ring is 1. The third-order valence-electron chi connectivity index (χ3n) is 3.01. The summed E-state index contributed by atoms with van der Waals surface area (Å²) in [6, 6.07) is 3.69. The van der Waals surface area contributed by atoms with Gasteiger partial charge < -0.3 is 5.73 Å². The zero-order chi connectivity index (χ0) is 11.9. The number of rotatable bonds is 1. The number of anilines is 2. The second kappa shape index (κ2) is 3.66. The van der Waals surface area contributed by atoms with E-state index in [1.165, 1.54) is 4.31 Å². The molecule has 16 heavy (non-hydrogen) atoms. The van der Waals surface area contributed by atoms with Crippen LogP contribution >= 0.6 is 0 Å². The van der Waals surface area contributed by atoms with Gasteiger partial charge in [0, 0.05) is 6.54 Å². The standard InChI is InChI=1S/C11H16N2O2S/c1-8-6-10(12)11(7-9(8)2)13-4-3-5-16(13,14)15/h6-7H,3-5,12H2,1-2H3. The molecule has 0 aromatic heterocycles. The van der Waals surface area contributed by atoms with Crippen LogP contribution in [0.2, 0.25) is 0 Å². The van der Waals surface area contributed by atoms with E-state index >= 15 is 0 Å². The van der Waals surface area contributed by atoms with Crippen molar-refractivity contribution in [1.82, 2.24) is 0 Å². The molecule has 0 atom stereocenters. The number of hydrogen-bond donors (Lipinski definition) is 1. The summed E-state index contributed by atoms with van der Waals surface area (Å²) in [5.74, 6) is 0.222. The molecule has 1 aromatic carbocycles. The van der Waals surface area contributed by atoms with Gasteiger partial charge in [-0.15, -0.1) is 0 Å². The van der Waals surface area contributed by atoms with Crippen molar-refractivity contribution in [2.45, 2.75) is 20.3 Å². The first-order valence-corrected chi connectivity index (χ1v) is 6.90. The first-order valence-electron chi connectivity index (χ1n) is 5.29. The Morgan fingerprint density at radius 2 is 1.88 bits per heavy atom. The van der Waals surface area contributed by atoms with Crippen LogP contribution in [0.25, 0.3) is 0 Å². The van der Waals surface area contributed by atoms with Gasteiger partial charge in [-0.3, -0.25) is 4.31 Å². The first kappa shape index (κ1) is 11.3. The van der Waals surface area contributed by atoms with E-state index in [1.807, 2.05) is 26.0 Å². The van der Waals surface area contributed by atoms with Crippen LogP contribution in [0.5, 0.6) is 0 Å². The Morgan fingerprint density at radius 1 is 1.25 bits per heavy atom. The van der Waals surface area contributed by atoms with Crippen molar-refractivity contribution in [1.29, 1.82) is 0 Å². The van der Waals surface area contributed by atoms with Crippen molar-refractivity contribution in [3.63, 3.8) is 0 Å². The van der Waals surface area contributed by atoms with Gasteiger partial charge in [0.2, 0.25) is 10.0 Å². The number of sulfonamides is 1. The zero-order valence-corrected chi connectivity index (χ0v) is 10.3. The molecular weight excluding hydrogens is 224 g/mol. The normalized spacial score (nSPS) is 19.0. The smallest absolute Gasteiger partial charge is 0.235 e. The summed E-state index contributed by atoms with van der Waals surface area (Å²) in [4.78, 5) is 0. The van der Waals surface area contributed by atoms with Crippen LogP contribution in [0.1, 0.15) is 17.5 Å². The van der Waals surface area contributed by atoms with E-state index in [0.29, 0.717) is 24.3 Å². The highest BCUT2D eigenvalue weighted by molar-refractivity contribution is 7.93. The molecule has 2 N–H and O–H groups in total. The molecule has 1 aromatic rings. The number of nitrogens with two attached hydrogens (primary N) is 1. The van der Waals surface area contributed by atoms with E-state index in [4.69, 9.17) is 5.73 Å². The fourth-order valence-corrected chi connectivity index (χ4v) is 3.53. The molecule has 1 fully saturated rings. The molecule has 0 bridgehead atoms. The average molecular weight is 240 g/mol. The van der Waals surface area contributed by atoms with Gasteiger partial charge in [0.25, 0.3) is 0 Å². The van der Waals surface area contributed by atoms with Gasteiger partial charge >= 0.3 is 0 Å². The first-order chi connectivity index (χ1) is 7.42. The van der Waals surface area contributed by atoms with Crippen molar-refractivity contribution < 1.29 is 8.42 Å². The molecule has 0 amide bonds. The Kier molecular flexibility index (Phi) is 2.58. The van der Waals surface area contributed by atoms with Crippen LogP contribution in [0.3, 0.4) is 0 Å². The summed E-state index contributed by atoms with van der Waals surface area (Å²) in [5, 5.41) is 0. The predicted octanol–water partition coefficient (Wildman–Crippen LogP) is 1.43. The van der Waals surface area contributed by atoms with Crippen molar-refractivity contribution in [2.24, 2.45) is 0 Å². The summed E-state index contributed by atoms with van der Waals surface area (Å²) in [6.45, 7) is 4.46. The molecule has 5 heteroatoms. The Hall–Kier alpha value is -1.23. The van der Waals surface area contributed by atoms with Gasteiger partial charge in [0.05, 0.1) is 17.1 Å². The molecular formula is C11H16N2O2S. The molecule has 0 unspecified atom stereocenters. The van der Waals surface area contributed by atoms with Crippen molar-refractivity contribution in [3.05, 3.63) is 23.3 Å². The quantitative estimate of drug-likeness (QED) is 0.755. The summed E-state index contributed by atoms with van der Waals surface area (Å²) in [6.07, 6.45) is 0.675. The van der Waals surface area contributed by atoms with Crippen LogP contribution < -0.4 is 10.0 Å². The molecule has 0 spiro atoms. The second-order valence-electron chi connectivity index (χ2n) is 4.24. The van der Waals surface area contributed by atoms with E-state index in [9.17, 15) is 8.42 Å². The average Bonchev–Trinajstić information content (AvgIpc) is 2.52. The van der Waals surface area contributed by atoms with Crippen LogP contribution in [-0.4, -0.2) is 20.7 Å². The molecule has 0 aliphatic carbocycles. The topological polar surface area (TPSA) is 63.4 Å². The highest BCUT2D eigenvalue weighted by atomic mass is 32.2. The molecule has 2 rings (SSSR count). The molecule has 1 heterocycles. The molecule has 88 valence electrons. The fourth-order valence-electron chi connectivity index (χ4n) is 1.95. The van der Waals surface area contributed by atoms with E-state index in [1.54, 1.807) is 0 Å². The van der Waals surface area contributed by atoms with E-state index in [-0.39, 0.29) is 5.75 Å². The second-order valence-corrected chi connectivity index (χ2v) is 6.25. The number of benzene rings is 1. The van der Waals surface area contributed by atoms with Gasteiger partial charge in [-0.25, -0.2) is 8.42 Å². The summed E-state index contributed by atoms with van der Waals surface area (Å²) < 4.78 is 25.0. The van der Waals surface area contributed by atoms with E-state index < -0.39 is 10.0 Å². The molecule has 4 nitrogen and oxygen atoms in total. The lowest BCUT2D eigenvalue weighted by Crippen LogP contribution is -2.26. The number of nitrogens with zero attached hydrogens (tertiary/aromatic N) is 1. The molecule has 1 saturated heterocycles. The monoisotopic (exact) mass is 240 g/mol. The number of aryl methyl sites for hydroxylation is 2. The predicted molar refractivity (Wildman–Crippen MR) is 66.1 cm³/mol. The third kappa shape index (κ3) is 1.75. The molecule has 0 saturated carbocycles. The largest absolute Gasteiger partial charge is 0.397 e. The summed E-state index contributed by atoms with van der Waals surface area (Å²) in [7, 11) is -3.14. The minimum Gasteiger partial charge on any atom is -0.397 e. The van der Waals surface area contributed by atoms with Crippen LogP contribution in [0.4, 0.5) is 11.4 Å². The van der Waals surface area contributed by atoms with E-state index in [2.05, 4.69) is 0 Å². The Balaban J connectivity index is 2.53. The minimum absolute atomic E-state index is 0.222. The van der Waals surface area contributed by atoms with Crippen LogP contribution in [0, 0.1) is 13.8 Å². The Labute approximate surface area is 96.1 Å². The SMILES string of the molecule is Cc1cc(N)c(N2CCCS2(=O)=O)cc1C. The zero-order valence-electron chi connectivity index (χ0n) is 9.53. The van der Waals surface area contributed by atoms with Gasteiger partial charge in [-0.2, -0.15) is 0 Å². The fraction of sp³-hybridized carbons (Fsp3) is 0.455. The van der Waals surface area contributed by atoms with Gasteiger partial charge in [0.15, 0.2) is 0 Å². The van der Waals surface area contributed by atoms with Crippen molar-refractivity contribution >= 4 is 21.4 Å². The highest BCUT2D eigenvalue weighted by Crippen LogP contribution is 2.31.